The zero-order valence-electron chi connectivity index (χ0n) is 18.9. The Kier molecular flexibility index (Phi) is 8.66. The van der Waals surface area contributed by atoms with Crippen LogP contribution >= 0.6 is 0 Å². The molecule has 2 unspecified atom stereocenters. The van der Waals surface area contributed by atoms with Gasteiger partial charge in [0.05, 0.1) is 26.4 Å². The summed E-state index contributed by atoms with van der Waals surface area (Å²) in [5.74, 6) is 3.28. The van der Waals surface area contributed by atoms with Crippen LogP contribution in [-0.4, -0.2) is 66.3 Å². The maximum absolute atomic E-state index is 5.94. The minimum atomic E-state index is 0.106. The number of benzene rings is 1. The van der Waals surface area contributed by atoms with Crippen molar-refractivity contribution in [1.82, 2.24) is 25.4 Å². The van der Waals surface area contributed by atoms with Crippen molar-refractivity contribution in [2.24, 2.45) is 12.0 Å². The highest BCUT2D eigenvalue weighted by Crippen LogP contribution is 2.11. The van der Waals surface area contributed by atoms with Gasteiger partial charge in [0, 0.05) is 26.2 Å². The molecule has 2 heterocycles. The van der Waals surface area contributed by atoms with E-state index in [1.165, 1.54) is 5.56 Å². The Bertz CT molecular complexity index is 830. The number of aliphatic imine (C=N–C) groups is 1. The molecule has 0 bridgehead atoms. The predicted molar refractivity (Wildman–Crippen MR) is 119 cm³/mol. The Morgan fingerprint density at radius 2 is 2.13 bits per heavy atom. The summed E-state index contributed by atoms with van der Waals surface area (Å²) in [5.41, 5.74) is 1.23. The number of rotatable bonds is 10. The van der Waals surface area contributed by atoms with Crippen LogP contribution in [0, 0.1) is 6.92 Å². The largest absolute Gasteiger partial charge is 0.497 e. The summed E-state index contributed by atoms with van der Waals surface area (Å²) in [4.78, 5) is 4.72. The van der Waals surface area contributed by atoms with E-state index in [9.17, 15) is 0 Å². The molecule has 2 N–H and O–H groups in total. The van der Waals surface area contributed by atoms with E-state index >= 15 is 0 Å². The van der Waals surface area contributed by atoms with Crippen LogP contribution in [0.25, 0.3) is 0 Å². The maximum Gasteiger partial charge on any atom is 0.192 e. The SMILES string of the molecule is COc1ccc(CCNC(=NCc2nnc(C)n2C)NC(C)COC2CCOC2)cc1. The third-order valence-corrected chi connectivity index (χ3v) is 5.28. The first-order valence-electron chi connectivity index (χ1n) is 10.8. The van der Waals surface area contributed by atoms with Crippen LogP contribution in [0.4, 0.5) is 0 Å². The highest BCUT2D eigenvalue weighted by Gasteiger charge is 2.17. The van der Waals surface area contributed by atoms with Crippen LogP contribution in [-0.2, 0) is 29.5 Å². The first kappa shape index (κ1) is 23.0. The third-order valence-electron chi connectivity index (χ3n) is 5.28. The van der Waals surface area contributed by atoms with Crippen molar-refractivity contribution in [3.8, 4) is 5.75 Å². The van der Waals surface area contributed by atoms with E-state index in [1.54, 1.807) is 7.11 Å². The molecule has 9 nitrogen and oxygen atoms in total. The van der Waals surface area contributed by atoms with Gasteiger partial charge in [-0.2, -0.15) is 0 Å². The van der Waals surface area contributed by atoms with E-state index in [1.807, 2.05) is 30.7 Å². The Hall–Kier alpha value is -2.65. The summed E-state index contributed by atoms with van der Waals surface area (Å²) >= 11 is 0. The molecule has 0 radical (unpaired) electrons. The summed E-state index contributed by atoms with van der Waals surface area (Å²) in [6, 6.07) is 8.21. The van der Waals surface area contributed by atoms with Crippen molar-refractivity contribution < 1.29 is 14.2 Å². The topological polar surface area (TPSA) is 94.8 Å². The molecule has 1 aromatic heterocycles. The lowest BCUT2D eigenvalue weighted by molar-refractivity contribution is 0.0347. The predicted octanol–water partition coefficient (Wildman–Crippen LogP) is 1.60. The van der Waals surface area contributed by atoms with Gasteiger partial charge in [-0.3, -0.25) is 0 Å². The van der Waals surface area contributed by atoms with E-state index in [4.69, 9.17) is 19.2 Å². The quantitative estimate of drug-likeness (QED) is 0.437. The molecule has 0 spiro atoms. The van der Waals surface area contributed by atoms with E-state index in [0.29, 0.717) is 19.8 Å². The molecule has 0 saturated carbocycles. The van der Waals surface area contributed by atoms with Crippen LogP contribution in [0.2, 0.25) is 0 Å². The van der Waals surface area contributed by atoms with Crippen molar-refractivity contribution in [3.05, 3.63) is 41.5 Å². The molecule has 3 rings (SSSR count). The molecule has 1 aliphatic heterocycles. The van der Waals surface area contributed by atoms with Gasteiger partial charge in [-0.15, -0.1) is 10.2 Å². The fourth-order valence-electron chi connectivity index (χ4n) is 3.21. The van der Waals surface area contributed by atoms with Gasteiger partial charge >= 0.3 is 0 Å². The van der Waals surface area contributed by atoms with Crippen LogP contribution < -0.4 is 15.4 Å². The maximum atomic E-state index is 5.94. The Labute approximate surface area is 184 Å². The van der Waals surface area contributed by atoms with Gasteiger partial charge in [0.15, 0.2) is 11.8 Å². The summed E-state index contributed by atoms with van der Waals surface area (Å²) in [6.07, 6.45) is 2.02. The van der Waals surface area contributed by atoms with Gasteiger partial charge in [0.2, 0.25) is 0 Å². The highest BCUT2D eigenvalue weighted by molar-refractivity contribution is 5.80. The van der Waals surface area contributed by atoms with E-state index in [0.717, 1.165) is 49.4 Å². The highest BCUT2D eigenvalue weighted by atomic mass is 16.5. The molecule has 1 aromatic carbocycles. The molecule has 1 fully saturated rings. The number of aryl methyl sites for hydroxylation is 1. The lowest BCUT2D eigenvalue weighted by Gasteiger charge is -2.20. The van der Waals surface area contributed by atoms with Crippen LogP contribution in [0.3, 0.4) is 0 Å². The average Bonchev–Trinajstić information content (AvgIpc) is 3.41. The second-order valence-electron chi connectivity index (χ2n) is 7.78. The van der Waals surface area contributed by atoms with Crippen molar-refractivity contribution in [2.45, 2.75) is 45.4 Å². The van der Waals surface area contributed by atoms with Gasteiger partial charge in [-0.25, -0.2) is 4.99 Å². The fourth-order valence-corrected chi connectivity index (χ4v) is 3.21. The van der Waals surface area contributed by atoms with Gasteiger partial charge in [0.1, 0.15) is 18.1 Å². The van der Waals surface area contributed by atoms with Crippen molar-refractivity contribution in [2.75, 3.05) is 33.5 Å². The first-order valence-corrected chi connectivity index (χ1v) is 10.8. The minimum absolute atomic E-state index is 0.106. The summed E-state index contributed by atoms with van der Waals surface area (Å²) in [7, 11) is 3.62. The number of methoxy groups -OCH3 is 1. The lowest BCUT2D eigenvalue weighted by Crippen LogP contribution is -2.45. The van der Waals surface area contributed by atoms with Crippen LogP contribution in [0.15, 0.2) is 29.3 Å². The number of ether oxygens (including phenoxy) is 3. The number of nitrogens with one attached hydrogen (secondary N) is 2. The molecule has 9 heteroatoms. The number of nitrogens with zero attached hydrogens (tertiary/aromatic N) is 4. The number of aromatic nitrogens is 3. The molecule has 31 heavy (non-hydrogen) atoms. The summed E-state index contributed by atoms with van der Waals surface area (Å²) < 4.78 is 18.5. The molecule has 1 saturated heterocycles. The molecule has 1 aliphatic rings. The third kappa shape index (κ3) is 7.22. The number of guanidine groups is 1. The zero-order chi connectivity index (χ0) is 22.1. The second kappa shape index (κ2) is 11.7. The first-order chi connectivity index (χ1) is 15.0. The minimum Gasteiger partial charge on any atom is -0.497 e. The van der Waals surface area contributed by atoms with Crippen molar-refractivity contribution in [3.63, 3.8) is 0 Å². The van der Waals surface area contributed by atoms with Gasteiger partial charge < -0.3 is 29.4 Å². The Morgan fingerprint density at radius 1 is 1.32 bits per heavy atom. The molecular formula is C22H34N6O3. The molecule has 0 amide bonds. The second-order valence-corrected chi connectivity index (χ2v) is 7.78. The number of hydrogen-bond donors (Lipinski definition) is 2. The standard InChI is InChI=1S/C22H34N6O3/c1-16(14-31-20-10-12-30-15-20)25-22(24-13-21-27-26-17(2)28(21)3)23-11-9-18-5-7-19(29-4)8-6-18/h5-8,16,20H,9-15H2,1-4H3,(H2,23,24,25). The normalized spacial score (nSPS) is 17.5. The van der Waals surface area contributed by atoms with E-state index in [2.05, 4.69) is 39.9 Å². The van der Waals surface area contributed by atoms with Crippen LogP contribution in [0.1, 0.15) is 30.6 Å². The van der Waals surface area contributed by atoms with E-state index in [-0.39, 0.29) is 12.1 Å². The Balaban J connectivity index is 1.55. The van der Waals surface area contributed by atoms with E-state index < -0.39 is 0 Å². The lowest BCUT2D eigenvalue weighted by atomic mass is 10.1. The van der Waals surface area contributed by atoms with Crippen molar-refractivity contribution in [1.29, 1.82) is 0 Å². The Morgan fingerprint density at radius 3 is 2.77 bits per heavy atom. The zero-order valence-corrected chi connectivity index (χ0v) is 18.9. The van der Waals surface area contributed by atoms with Gasteiger partial charge in [0.25, 0.3) is 0 Å². The molecule has 2 atom stereocenters. The average molecular weight is 431 g/mol. The van der Waals surface area contributed by atoms with Gasteiger partial charge in [-0.05, 0) is 44.4 Å². The molecule has 170 valence electrons. The molecular weight excluding hydrogens is 396 g/mol. The van der Waals surface area contributed by atoms with Crippen molar-refractivity contribution >= 4 is 5.96 Å². The monoisotopic (exact) mass is 430 g/mol. The smallest absolute Gasteiger partial charge is 0.192 e. The molecule has 2 aromatic rings. The number of hydrogen-bond acceptors (Lipinski definition) is 6. The summed E-state index contributed by atoms with van der Waals surface area (Å²) in [6.45, 7) is 7.26. The summed E-state index contributed by atoms with van der Waals surface area (Å²) in [5, 5.41) is 15.2. The van der Waals surface area contributed by atoms with Gasteiger partial charge in [-0.1, -0.05) is 12.1 Å². The molecule has 0 aliphatic carbocycles. The fraction of sp³-hybridized carbons (Fsp3) is 0.591. The van der Waals surface area contributed by atoms with Crippen LogP contribution in [0.5, 0.6) is 5.75 Å².